The highest BCUT2D eigenvalue weighted by Crippen LogP contribution is 2.35. The molecule has 242 valence electrons. The number of amides is 1. The molecule has 1 saturated heterocycles. The standard InChI is InChI=1S/C33H35Cl2FN6O3S/c1-46(44,45)41-15-12-31-27(22-41)32(23-10-11-28(35)30(20-23)37-33(43)26-8-2-3-9-29(26)36)38-42(31)14-5-13-39-16-18-40(19-17-39)25-7-4-6-24(34)21-25/h2-4,6-11,20-21H,5,12-19,22H2,1H3,(H,37,43). The molecule has 2 aliphatic rings. The van der Waals surface area contributed by atoms with Gasteiger partial charge in [-0.2, -0.15) is 9.40 Å². The Labute approximate surface area is 278 Å². The summed E-state index contributed by atoms with van der Waals surface area (Å²) >= 11 is 12.6. The molecule has 0 atom stereocenters. The first-order valence-electron chi connectivity index (χ1n) is 15.2. The maximum absolute atomic E-state index is 14.3. The first kappa shape index (κ1) is 32.5. The second-order valence-corrected chi connectivity index (χ2v) is 14.5. The highest BCUT2D eigenvalue weighted by molar-refractivity contribution is 7.88. The Balaban J connectivity index is 1.19. The van der Waals surface area contributed by atoms with Crippen molar-refractivity contribution in [2.45, 2.75) is 25.9 Å². The van der Waals surface area contributed by atoms with Crippen LogP contribution in [0.25, 0.3) is 11.3 Å². The summed E-state index contributed by atoms with van der Waals surface area (Å²) in [7, 11) is -3.42. The number of anilines is 2. The number of rotatable bonds is 9. The zero-order chi connectivity index (χ0) is 32.4. The van der Waals surface area contributed by atoms with Crippen LogP contribution < -0.4 is 10.2 Å². The van der Waals surface area contributed by atoms with Gasteiger partial charge in [0.25, 0.3) is 5.91 Å². The summed E-state index contributed by atoms with van der Waals surface area (Å²) in [6.07, 6.45) is 2.64. The zero-order valence-corrected chi connectivity index (χ0v) is 27.8. The molecular formula is C33H35Cl2FN6O3S. The number of aromatic nitrogens is 2. The number of halogens is 3. The number of piperazine rings is 1. The number of nitrogens with zero attached hydrogens (tertiary/aromatic N) is 5. The molecule has 0 aliphatic carbocycles. The minimum Gasteiger partial charge on any atom is -0.369 e. The van der Waals surface area contributed by atoms with Crippen LogP contribution in [0.5, 0.6) is 0 Å². The summed E-state index contributed by atoms with van der Waals surface area (Å²) in [5, 5.41) is 8.73. The number of aryl methyl sites for hydroxylation is 1. The second kappa shape index (κ2) is 13.7. The van der Waals surface area contributed by atoms with Crippen LogP contribution in [0.4, 0.5) is 15.8 Å². The summed E-state index contributed by atoms with van der Waals surface area (Å²) in [5.74, 6) is -1.26. The minimum atomic E-state index is -3.42. The number of carbonyl (C=O) groups is 1. The lowest BCUT2D eigenvalue weighted by atomic mass is 10.0. The van der Waals surface area contributed by atoms with Gasteiger partial charge in [0.05, 0.1) is 28.2 Å². The smallest absolute Gasteiger partial charge is 0.258 e. The van der Waals surface area contributed by atoms with Crippen molar-refractivity contribution in [2.24, 2.45) is 0 Å². The summed E-state index contributed by atoms with van der Waals surface area (Å²) in [4.78, 5) is 17.7. The van der Waals surface area contributed by atoms with E-state index in [1.165, 1.54) is 28.8 Å². The fourth-order valence-electron chi connectivity index (χ4n) is 6.12. The van der Waals surface area contributed by atoms with Gasteiger partial charge in [-0.1, -0.05) is 47.5 Å². The number of sulfonamides is 1. The molecule has 3 heterocycles. The average molecular weight is 686 g/mol. The van der Waals surface area contributed by atoms with E-state index in [1.54, 1.807) is 24.3 Å². The minimum absolute atomic E-state index is 0.0969. The third kappa shape index (κ3) is 7.24. The molecule has 4 aromatic rings. The number of hydrogen-bond acceptors (Lipinski definition) is 6. The number of fused-ring (bicyclic) bond motifs is 1. The molecule has 0 saturated carbocycles. The molecule has 1 amide bonds. The van der Waals surface area contributed by atoms with Gasteiger partial charge >= 0.3 is 0 Å². The molecule has 3 aromatic carbocycles. The van der Waals surface area contributed by atoms with Crippen LogP contribution in [-0.2, 0) is 29.5 Å². The van der Waals surface area contributed by atoms with Gasteiger partial charge in [-0.25, -0.2) is 12.8 Å². The Kier molecular flexibility index (Phi) is 9.67. The van der Waals surface area contributed by atoms with E-state index >= 15 is 0 Å². The van der Waals surface area contributed by atoms with E-state index in [9.17, 15) is 17.6 Å². The molecule has 0 radical (unpaired) electrons. The van der Waals surface area contributed by atoms with Crippen LogP contribution in [0.2, 0.25) is 10.0 Å². The molecule has 0 unspecified atom stereocenters. The van der Waals surface area contributed by atoms with Crippen LogP contribution in [0.1, 0.15) is 28.0 Å². The Hall–Kier alpha value is -3.48. The zero-order valence-electron chi connectivity index (χ0n) is 25.4. The molecule has 46 heavy (non-hydrogen) atoms. The van der Waals surface area contributed by atoms with Crippen molar-refractivity contribution in [1.29, 1.82) is 0 Å². The number of hydrogen-bond donors (Lipinski definition) is 1. The fraction of sp³-hybridized carbons (Fsp3) is 0.333. The third-order valence-corrected chi connectivity index (χ3v) is 10.4. The SMILES string of the molecule is CS(=O)(=O)N1CCc2c(c(-c3ccc(Cl)c(NC(=O)c4ccccc4F)c3)nn2CCCN2CCN(c3cccc(Cl)c3)CC2)C1. The van der Waals surface area contributed by atoms with Crippen molar-refractivity contribution < 1.29 is 17.6 Å². The monoisotopic (exact) mass is 684 g/mol. The quantitative estimate of drug-likeness (QED) is 0.241. The maximum Gasteiger partial charge on any atom is 0.258 e. The van der Waals surface area contributed by atoms with Crippen molar-refractivity contribution >= 4 is 50.5 Å². The van der Waals surface area contributed by atoms with Gasteiger partial charge in [0.15, 0.2) is 0 Å². The van der Waals surface area contributed by atoms with Gasteiger partial charge < -0.3 is 10.2 Å². The lowest BCUT2D eigenvalue weighted by Gasteiger charge is -2.36. The first-order valence-corrected chi connectivity index (χ1v) is 17.8. The van der Waals surface area contributed by atoms with Crippen molar-refractivity contribution in [2.75, 3.05) is 55.7 Å². The first-order chi connectivity index (χ1) is 22.1. The summed E-state index contributed by atoms with van der Waals surface area (Å²) in [5.41, 5.74) is 4.51. The Morgan fingerprint density at radius 3 is 2.48 bits per heavy atom. The molecule has 0 bridgehead atoms. The van der Waals surface area contributed by atoms with E-state index in [1.807, 2.05) is 22.9 Å². The predicted molar refractivity (Wildman–Crippen MR) is 181 cm³/mol. The lowest BCUT2D eigenvalue weighted by molar-refractivity contribution is 0.102. The van der Waals surface area contributed by atoms with Gasteiger partial charge in [0, 0.05) is 86.3 Å². The van der Waals surface area contributed by atoms with E-state index in [-0.39, 0.29) is 17.1 Å². The number of benzene rings is 3. The topological polar surface area (TPSA) is 90.8 Å². The van der Waals surface area contributed by atoms with Crippen molar-refractivity contribution in [1.82, 2.24) is 19.0 Å². The van der Waals surface area contributed by atoms with Gasteiger partial charge in [-0.05, 0) is 48.9 Å². The van der Waals surface area contributed by atoms with Crippen LogP contribution in [0.3, 0.4) is 0 Å². The highest BCUT2D eigenvalue weighted by atomic mass is 35.5. The second-order valence-electron chi connectivity index (χ2n) is 11.6. The normalized spacial score (nSPS) is 16.0. The molecule has 1 aromatic heterocycles. The lowest BCUT2D eigenvalue weighted by Crippen LogP contribution is -2.46. The molecule has 9 nitrogen and oxygen atoms in total. The third-order valence-electron chi connectivity index (χ3n) is 8.56. The summed E-state index contributed by atoms with van der Waals surface area (Å²) in [6.45, 7) is 5.93. The van der Waals surface area contributed by atoms with Gasteiger partial charge in [0.2, 0.25) is 10.0 Å². The Bertz CT molecular complexity index is 1860. The largest absolute Gasteiger partial charge is 0.369 e. The molecule has 6 rings (SSSR count). The van der Waals surface area contributed by atoms with Crippen molar-refractivity contribution in [3.8, 4) is 11.3 Å². The molecule has 2 aliphatic heterocycles. The predicted octanol–water partition coefficient (Wildman–Crippen LogP) is 5.78. The van der Waals surface area contributed by atoms with Crippen molar-refractivity contribution in [3.63, 3.8) is 0 Å². The van der Waals surface area contributed by atoms with Crippen LogP contribution in [0, 0.1) is 5.82 Å². The van der Waals surface area contributed by atoms with E-state index in [4.69, 9.17) is 28.3 Å². The number of carbonyl (C=O) groups excluding carboxylic acids is 1. The molecule has 0 spiro atoms. The van der Waals surface area contributed by atoms with E-state index < -0.39 is 21.7 Å². The summed E-state index contributed by atoms with van der Waals surface area (Å²) < 4.78 is 42.7. The fourth-order valence-corrected chi connectivity index (χ4v) is 7.25. The molecule has 1 N–H and O–H groups in total. The van der Waals surface area contributed by atoms with E-state index in [2.05, 4.69) is 21.2 Å². The van der Waals surface area contributed by atoms with Crippen molar-refractivity contribution in [3.05, 3.63) is 99.4 Å². The molecular weight excluding hydrogens is 650 g/mol. The average Bonchev–Trinajstić information content (AvgIpc) is 3.40. The van der Waals surface area contributed by atoms with Gasteiger partial charge in [-0.3, -0.25) is 14.4 Å². The molecule has 13 heteroatoms. The van der Waals surface area contributed by atoms with Crippen LogP contribution in [-0.4, -0.2) is 78.8 Å². The number of nitrogens with one attached hydrogen (secondary N) is 1. The van der Waals surface area contributed by atoms with Crippen LogP contribution >= 0.6 is 23.2 Å². The highest BCUT2D eigenvalue weighted by Gasteiger charge is 2.30. The van der Waals surface area contributed by atoms with Gasteiger partial charge in [0.1, 0.15) is 5.82 Å². The molecule has 1 fully saturated rings. The Morgan fingerprint density at radius 1 is 0.957 bits per heavy atom. The summed E-state index contributed by atoms with van der Waals surface area (Å²) in [6, 6.07) is 18.8. The van der Waals surface area contributed by atoms with E-state index in [0.717, 1.165) is 61.1 Å². The van der Waals surface area contributed by atoms with E-state index in [0.29, 0.717) is 36.5 Å². The maximum atomic E-state index is 14.3. The Morgan fingerprint density at radius 2 is 1.74 bits per heavy atom. The van der Waals surface area contributed by atoms with Gasteiger partial charge in [-0.15, -0.1) is 0 Å². The van der Waals surface area contributed by atoms with Crippen LogP contribution in [0.15, 0.2) is 66.7 Å².